The first-order valence-corrected chi connectivity index (χ1v) is 6.43. The number of hydrogen-bond donors (Lipinski definition) is 1. The molecule has 1 aromatic heterocycles. The number of hydrogen-bond acceptors (Lipinski definition) is 2. The Labute approximate surface area is 110 Å². The molecule has 0 amide bonds. The van der Waals surface area contributed by atoms with Crippen LogP contribution in [0.1, 0.15) is 35.7 Å². The highest BCUT2D eigenvalue weighted by Crippen LogP contribution is 2.38. The molecule has 0 aliphatic heterocycles. The van der Waals surface area contributed by atoms with Crippen molar-refractivity contribution in [1.29, 1.82) is 0 Å². The highest BCUT2D eigenvalue weighted by atomic mass is 19.1. The molecule has 1 fully saturated rings. The summed E-state index contributed by atoms with van der Waals surface area (Å²) in [6.45, 7) is 3.55. The predicted molar refractivity (Wildman–Crippen MR) is 71.7 cm³/mol. The molecule has 98 valence electrons. The van der Waals surface area contributed by atoms with Crippen LogP contribution in [0.4, 0.5) is 4.39 Å². The summed E-state index contributed by atoms with van der Waals surface area (Å²) in [5.74, 6) is 0.790. The third-order valence-electron chi connectivity index (χ3n) is 3.45. The van der Waals surface area contributed by atoms with Crippen LogP contribution in [-0.2, 0) is 0 Å². The van der Waals surface area contributed by atoms with Crippen LogP contribution in [0.15, 0.2) is 23.0 Å². The van der Waals surface area contributed by atoms with Crippen LogP contribution in [0.2, 0.25) is 0 Å². The fraction of sp³-hybridized carbons (Fsp3) is 0.333. The Balaban J connectivity index is 2.20. The average molecular weight is 258 g/mol. The van der Waals surface area contributed by atoms with Gasteiger partial charge in [-0.15, -0.1) is 0 Å². The number of benzene rings is 1. The lowest BCUT2D eigenvalue weighted by atomic mass is 10.0. The lowest BCUT2D eigenvalue weighted by Gasteiger charge is -2.08. The van der Waals surface area contributed by atoms with Crippen molar-refractivity contribution in [3.8, 4) is 11.3 Å². The summed E-state index contributed by atoms with van der Waals surface area (Å²) < 4.78 is 13.5. The molecule has 3 nitrogen and oxygen atoms in total. The van der Waals surface area contributed by atoms with E-state index in [4.69, 9.17) is 0 Å². The number of nitrogens with one attached hydrogen (secondary N) is 1. The van der Waals surface area contributed by atoms with E-state index < -0.39 is 0 Å². The van der Waals surface area contributed by atoms with E-state index in [1.54, 1.807) is 6.92 Å². The third kappa shape index (κ3) is 2.30. The second-order valence-corrected chi connectivity index (χ2v) is 5.22. The summed E-state index contributed by atoms with van der Waals surface area (Å²) in [4.78, 5) is 19.3. The summed E-state index contributed by atoms with van der Waals surface area (Å²) in [7, 11) is 0. The van der Waals surface area contributed by atoms with Crippen molar-refractivity contribution < 1.29 is 4.39 Å². The SMILES string of the molecule is Cc1cc(F)cc(-c2nc(C3CC3)[nH]c(=O)c2C)c1. The van der Waals surface area contributed by atoms with E-state index >= 15 is 0 Å². The maximum absolute atomic E-state index is 13.5. The minimum Gasteiger partial charge on any atom is -0.310 e. The number of aromatic nitrogens is 2. The van der Waals surface area contributed by atoms with Gasteiger partial charge in [0.2, 0.25) is 0 Å². The number of aryl methyl sites for hydroxylation is 1. The van der Waals surface area contributed by atoms with Crippen molar-refractivity contribution in [2.24, 2.45) is 0 Å². The molecular weight excluding hydrogens is 243 g/mol. The molecule has 0 unspecified atom stereocenters. The molecule has 0 saturated heterocycles. The molecule has 1 aliphatic carbocycles. The molecule has 19 heavy (non-hydrogen) atoms. The molecule has 1 N–H and O–H groups in total. The fourth-order valence-electron chi connectivity index (χ4n) is 2.25. The van der Waals surface area contributed by atoms with Crippen LogP contribution >= 0.6 is 0 Å². The molecule has 1 heterocycles. The predicted octanol–water partition coefficient (Wildman–Crippen LogP) is 3.07. The molecule has 4 heteroatoms. The van der Waals surface area contributed by atoms with Crippen molar-refractivity contribution in [2.75, 3.05) is 0 Å². The summed E-state index contributed by atoms with van der Waals surface area (Å²) in [6, 6.07) is 4.75. The molecule has 0 atom stereocenters. The first kappa shape index (κ1) is 12.1. The van der Waals surface area contributed by atoms with Gasteiger partial charge in [-0.05, 0) is 50.5 Å². The maximum atomic E-state index is 13.5. The summed E-state index contributed by atoms with van der Waals surface area (Å²) >= 11 is 0. The highest BCUT2D eigenvalue weighted by molar-refractivity contribution is 5.63. The van der Waals surface area contributed by atoms with E-state index in [0.29, 0.717) is 22.7 Å². The average Bonchev–Trinajstić information content (AvgIpc) is 3.15. The second kappa shape index (κ2) is 4.30. The topological polar surface area (TPSA) is 45.8 Å². The number of aromatic amines is 1. The Bertz CT molecular complexity index is 682. The maximum Gasteiger partial charge on any atom is 0.254 e. The Morgan fingerprint density at radius 1 is 1.26 bits per heavy atom. The number of rotatable bonds is 2. The van der Waals surface area contributed by atoms with E-state index in [1.165, 1.54) is 12.1 Å². The van der Waals surface area contributed by atoms with E-state index in [2.05, 4.69) is 9.97 Å². The lowest BCUT2D eigenvalue weighted by molar-refractivity contribution is 0.627. The molecule has 3 rings (SSSR count). The van der Waals surface area contributed by atoms with Gasteiger partial charge >= 0.3 is 0 Å². The van der Waals surface area contributed by atoms with E-state index in [9.17, 15) is 9.18 Å². The van der Waals surface area contributed by atoms with Crippen molar-refractivity contribution in [3.05, 3.63) is 51.3 Å². The van der Waals surface area contributed by atoms with Gasteiger partial charge in [0.1, 0.15) is 11.6 Å². The van der Waals surface area contributed by atoms with Gasteiger partial charge in [0, 0.05) is 17.0 Å². The van der Waals surface area contributed by atoms with Crippen LogP contribution < -0.4 is 5.56 Å². The highest BCUT2D eigenvalue weighted by Gasteiger charge is 2.27. The van der Waals surface area contributed by atoms with Crippen LogP contribution in [0, 0.1) is 19.7 Å². The Kier molecular flexibility index (Phi) is 2.73. The van der Waals surface area contributed by atoms with Gasteiger partial charge in [0.25, 0.3) is 5.56 Å². The smallest absolute Gasteiger partial charge is 0.254 e. The van der Waals surface area contributed by atoms with Crippen molar-refractivity contribution in [3.63, 3.8) is 0 Å². The van der Waals surface area contributed by atoms with Gasteiger partial charge in [0.15, 0.2) is 0 Å². The molecule has 0 spiro atoms. The summed E-state index contributed by atoms with van der Waals surface area (Å²) in [5, 5.41) is 0. The standard InChI is InChI=1S/C15H15FN2O/c1-8-5-11(7-12(16)6-8)13-9(2)15(19)18-14(17-13)10-3-4-10/h5-7,10H,3-4H2,1-2H3,(H,17,18,19). The molecule has 2 aromatic rings. The molecule has 1 aliphatic rings. The normalized spacial score (nSPS) is 14.7. The zero-order valence-corrected chi connectivity index (χ0v) is 11.0. The van der Waals surface area contributed by atoms with Crippen molar-refractivity contribution in [2.45, 2.75) is 32.6 Å². The van der Waals surface area contributed by atoms with E-state index in [-0.39, 0.29) is 11.4 Å². The molecular formula is C15H15FN2O. The van der Waals surface area contributed by atoms with Gasteiger partial charge < -0.3 is 4.98 Å². The van der Waals surface area contributed by atoms with Crippen molar-refractivity contribution in [1.82, 2.24) is 9.97 Å². The van der Waals surface area contributed by atoms with Crippen LogP contribution in [0.3, 0.4) is 0 Å². The molecule has 1 aromatic carbocycles. The molecule has 0 bridgehead atoms. The Morgan fingerprint density at radius 2 is 2.00 bits per heavy atom. The number of H-pyrrole nitrogens is 1. The zero-order valence-electron chi connectivity index (χ0n) is 11.0. The monoisotopic (exact) mass is 258 g/mol. The van der Waals surface area contributed by atoms with Gasteiger partial charge in [-0.3, -0.25) is 4.79 Å². The van der Waals surface area contributed by atoms with Gasteiger partial charge in [-0.25, -0.2) is 9.37 Å². The van der Waals surface area contributed by atoms with Gasteiger partial charge in [-0.1, -0.05) is 0 Å². The third-order valence-corrected chi connectivity index (χ3v) is 3.45. The molecule has 1 saturated carbocycles. The zero-order chi connectivity index (χ0) is 13.6. The number of halogens is 1. The van der Waals surface area contributed by atoms with Crippen LogP contribution in [0.25, 0.3) is 11.3 Å². The fourth-order valence-corrected chi connectivity index (χ4v) is 2.25. The van der Waals surface area contributed by atoms with Crippen molar-refractivity contribution >= 4 is 0 Å². The van der Waals surface area contributed by atoms with Crippen LogP contribution in [0.5, 0.6) is 0 Å². The van der Waals surface area contributed by atoms with Gasteiger partial charge in [0.05, 0.1) is 5.69 Å². The molecule has 0 radical (unpaired) electrons. The minimum atomic E-state index is -0.301. The summed E-state index contributed by atoms with van der Waals surface area (Å²) in [6.07, 6.45) is 2.13. The lowest BCUT2D eigenvalue weighted by Crippen LogP contribution is -2.15. The van der Waals surface area contributed by atoms with Gasteiger partial charge in [-0.2, -0.15) is 0 Å². The van der Waals surface area contributed by atoms with E-state index in [0.717, 1.165) is 24.2 Å². The Hall–Kier alpha value is -1.97. The largest absolute Gasteiger partial charge is 0.310 e. The first-order chi connectivity index (χ1) is 9.04. The quantitative estimate of drug-likeness (QED) is 0.899. The first-order valence-electron chi connectivity index (χ1n) is 6.43. The minimum absolute atomic E-state index is 0.131. The second-order valence-electron chi connectivity index (χ2n) is 5.22. The number of nitrogens with zero attached hydrogens (tertiary/aromatic N) is 1. The Morgan fingerprint density at radius 3 is 2.63 bits per heavy atom. The van der Waals surface area contributed by atoms with E-state index in [1.807, 2.05) is 13.0 Å². The summed E-state index contributed by atoms with van der Waals surface area (Å²) in [5.41, 5.74) is 2.49. The van der Waals surface area contributed by atoms with Crippen LogP contribution in [-0.4, -0.2) is 9.97 Å².